The maximum atomic E-state index is 13.0. The number of aromatic amines is 1. The number of H-pyrrole nitrogens is 1. The average molecular weight is 422 g/mol. The van der Waals surface area contributed by atoms with Gasteiger partial charge in [-0.15, -0.1) is 11.3 Å². The Morgan fingerprint density at radius 2 is 2.03 bits per heavy atom. The van der Waals surface area contributed by atoms with E-state index in [9.17, 15) is 9.59 Å². The molecule has 5 rings (SSSR count). The van der Waals surface area contributed by atoms with Gasteiger partial charge in [0, 0.05) is 53.4 Å². The SMILES string of the molecule is O=C(NCC(c1cccs1)c1c[nH]c2ccccc12)C1CC(=O)N(C2CCCC2)C1. The first-order valence-corrected chi connectivity index (χ1v) is 11.8. The highest BCUT2D eigenvalue weighted by molar-refractivity contribution is 7.10. The molecule has 2 aromatic heterocycles. The minimum atomic E-state index is -0.231. The molecule has 2 fully saturated rings. The van der Waals surface area contributed by atoms with Crippen LogP contribution in [-0.2, 0) is 9.59 Å². The van der Waals surface area contributed by atoms with E-state index in [4.69, 9.17) is 0 Å². The molecule has 2 amide bonds. The van der Waals surface area contributed by atoms with Crippen molar-refractivity contribution in [2.75, 3.05) is 13.1 Å². The van der Waals surface area contributed by atoms with Gasteiger partial charge in [0.15, 0.2) is 0 Å². The number of para-hydroxylation sites is 1. The standard InChI is InChI=1S/C24H27N3O2S/c28-23-12-16(15-27(23)17-6-1-2-7-17)24(29)26-14-20(22-10-5-11-30-22)19-13-25-21-9-4-3-8-18(19)21/h3-5,8-11,13,16-17,20,25H,1-2,6-7,12,14-15H2,(H,26,29). The summed E-state index contributed by atoms with van der Waals surface area (Å²) in [6.07, 6.45) is 6.96. The van der Waals surface area contributed by atoms with Crippen LogP contribution in [0, 0.1) is 5.92 Å². The number of carbonyl (C=O) groups is 2. The Labute approximate surface area is 180 Å². The average Bonchev–Trinajstić information content (AvgIpc) is 3.55. The predicted octanol–water partition coefficient (Wildman–Crippen LogP) is 4.27. The van der Waals surface area contributed by atoms with Crippen LogP contribution in [0.2, 0.25) is 0 Å². The van der Waals surface area contributed by atoms with E-state index in [-0.39, 0.29) is 23.7 Å². The third-order valence-corrected chi connectivity index (χ3v) is 7.64. The van der Waals surface area contributed by atoms with E-state index < -0.39 is 0 Å². The fourth-order valence-electron chi connectivity index (χ4n) is 5.06. The minimum absolute atomic E-state index is 0.00486. The summed E-state index contributed by atoms with van der Waals surface area (Å²) in [5, 5.41) is 6.44. The monoisotopic (exact) mass is 421 g/mol. The Kier molecular flexibility index (Phi) is 5.34. The number of aromatic nitrogens is 1. The van der Waals surface area contributed by atoms with Crippen molar-refractivity contribution in [3.8, 4) is 0 Å². The lowest BCUT2D eigenvalue weighted by atomic mass is 9.96. The van der Waals surface area contributed by atoms with Gasteiger partial charge in [0.25, 0.3) is 0 Å². The second-order valence-electron chi connectivity index (χ2n) is 8.49. The van der Waals surface area contributed by atoms with Gasteiger partial charge in [-0.1, -0.05) is 37.1 Å². The Morgan fingerprint density at radius 1 is 1.20 bits per heavy atom. The van der Waals surface area contributed by atoms with Crippen molar-refractivity contribution in [3.05, 3.63) is 58.4 Å². The van der Waals surface area contributed by atoms with Crippen molar-refractivity contribution in [2.45, 2.75) is 44.1 Å². The Morgan fingerprint density at radius 3 is 2.83 bits per heavy atom. The zero-order valence-corrected chi connectivity index (χ0v) is 17.8. The molecule has 1 aliphatic carbocycles. The number of carbonyl (C=O) groups excluding carboxylic acids is 2. The lowest BCUT2D eigenvalue weighted by Crippen LogP contribution is -2.38. The summed E-state index contributed by atoms with van der Waals surface area (Å²) in [6, 6.07) is 12.8. The summed E-state index contributed by atoms with van der Waals surface area (Å²) in [6.45, 7) is 1.11. The molecular weight excluding hydrogens is 394 g/mol. The van der Waals surface area contributed by atoms with Gasteiger partial charge in [-0.05, 0) is 35.9 Å². The van der Waals surface area contributed by atoms with E-state index in [1.54, 1.807) is 11.3 Å². The first kappa shape index (κ1) is 19.4. The molecule has 1 saturated carbocycles. The highest BCUT2D eigenvalue weighted by Gasteiger charge is 2.38. The second kappa shape index (κ2) is 8.26. The van der Waals surface area contributed by atoms with Gasteiger partial charge in [0.05, 0.1) is 5.92 Å². The maximum Gasteiger partial charge on any atom is 0.225 e. The summed E-state index contributed by atoms with van der Waals surface area (Å²) >= 11 is 1.71. The molecule has 1 aliphatic heterocycles. The molecule has 2 unspecified atom stereocenters. The Balaban J connectivity index is 1.30. The number of hydrogen-bond donors (Lipinski definition) is 2. The Hall–Kier alpha value is -2.60. The highest BCUT2D eigenvalue weighted by atomic mass is 32.1. The van der Waals surface area contributed by atoms with E-state index in [1.165, 1.54) is 28.7 Å². The van der Waals surface area contributed by atoms with Crippen LogP contribution in [0.25, 0.3) is 10.9 Å². The minimum Gasteiger partial charge on any atom is -0.361 e. The van der Waals surface area contributed by atoms with Crippen LogP contribution >= 0.6 is 11.3 Å². The van der Waals surface area contributed by atoms with Gasteiger partial charge in [-0.25, -0.2) is 0 Å². The number of thiophene rings is 1. The molecular formula is C24H27N3O2S. The molecule has 6 heteroatoms. The molecule has 0 bridgehead atoms. The van der Waals surface area contributed by atoms with Crippen molar-refractivity contribution < 1.29 is 9.59 Å². The number of fused-ring (bicyclic) bond motifs is 1. The normalized spacial score (nSPS) is 20.9. The van der Waals surface area contributed by atoms with Crippen molar-refractivity contribution >= 4 is 34.1 Å². The van der Waals surface area contributed by atoms with E-state index >= 15 is 0 Å². The maximum absolute atomic E-state index is 13.0. The number of nitrogens with one attached hydrogen (secondary N) is 2. The van der Waals surface area contributed by atoms with Crippen LogP contribution in [0.4, 0.5) is 0 Å². The summed E-state index contributed by atoms with van der Waals surface area (Å²) < 4.78 is 0. The van der Waals surface area contributed by atoms with Gasteiger partial charge in [-0.3, -0.25) is 9.59 Å². The summed E-state index contributed by atoms with van der Waals surface area (Å²) in [7, 11) is 0. The summed E-state index contributed by atoms with van der Waals surface area (Å²) in [4.78, 5) is 32.0. The third-order valence-electron chi connectivity index (χ3n) is 6.66. The quantitative estimate of drug-likeness (QED) is 0.624. The molecule has 2 N–H and O–H groups in total. The van der Waals surface area contributed by atoms with E-state index in [0.717, 1.165) is 18.4 Å². The first-order valence-electron chi connectivity index (χ1n) is 10.9. The molecule has 30 heavy (non-hydrogen) atoms. The van der Waals surface area contributed by atoms with Gasteiger partial charge < -0.3 is 15.2 Å². The third kappa shape index (κ3) is 3.65. The van der Waals surface area contributed by atoms with Crippen LogP contribution in [0.3, 0.4) is 0 Å². The molecule has 156 valence electrons. The van der Waals surface area contributed by atoms with Crippen molar-refractivity contribution in [3.63, 3.8) is 0 Å². The molecule has 1 aromatic carbocycles. The number of benzene rings is 1. The fourth-order valence-corrected chi connectivity index (χ4v) is 5.90. The number of nitrogens with zero attached hydrogens (tertiary/aromatic N) is 1. The van der Waals surface area contributed by atoms with Crippen LogP contribution < -0.4 is 5.32 Å². The fraction of sp³-hybridized carbons (Fsp3) is 0.417. The smallest absolute Gasteiger partial charge is 0.225 e. The first-order chi connectivity index (χ1) is 14.7. The van der Waals surface area contributed by atoms with Crippen molar-refractivity contribution in [1.29, 1.82) is 0 Å². The van der Waals surface area contributed by atoms with Crippen LogP contribution in [0.1, 0.15) is 48.5 Å². The zero-order valence-electron chi connectivity index (χ0n) is 17.0. The largest absolute Gasteiger partial charge is 0.361 e. The molecule has 3 aromatic rings. The van der Waals surface area contributed by atoms with Crippen LogP contribution in [0.5, 0.6) is 0 Å². The molecule has 5 nitrogen and oxygen atoms in total. The van der Waals surface area contributed by atoms with Crippen LogP contribution in [-0.4, -0.2) is 40.8 Å². The number of likely N-dealkylation sites (tertiary alicyclic amines) is 1. The molecule has 2 atom stereocenters. The molecule has 0 radical (unpaired) electrons. The zero-order chi connectivity index (χ0) is 20.5. The molecule has 0 spiro atoms. The molecule has 1 saturated heterocycles. The van der Waals surface area contributed by atoms with E-state index in [1.807, 2.05) is 17.0 Å². The Bertz CT molecular complexity index is 1040. The van der Waals surface area contributed by atoms with Gasteiger partial charge in [0.1, 0.15) is 0 Å². The van der Waals surface area contributed by atoms with Crippen LogP contribution in [0.15, 0.2) is 48.0 Å². The van der Waals surface area contributed by atoms with Gasteiger partial charge in [0.2, 0.25) is 11.8 Å². The summed E-state index contributed by atoms with van der Waals surface area (Å²) in [5.74, 6) is 0.0110. The highest BCUT2D eigenvalue weighted by Crippen LogP contribution is 2.33. The van der Waals surface area contributed by atoms with E-state index in [2.05, 4.69) is 46.1 Å². The van der Waals surface area contributed by atoms with Crippen molar-refractivity contribution in [1.82, 2.24) is 15.2 Å². The molecule has 2 aliphatic rings. The number of rotatable bonds is 6. The van der Waals surface area contributed by atoms with Crippen molar-refractivity contribution in [2.24, 2.45) is 5.92 Å². The number of amides is 2. The van der Waals surface area contributed by atoms with E-state index in [0.29, 0.717) is 25.6 Å². The van der Waals surface area contributed by atoms with Gasteiger partial charge >= 0.3 is 0 Å². The predicted molar refractivity (Wildman–Crippen MR) is 120 cm³/mol. The summed E-state index contributed by atoms with van der Waals surface area (Å²) in [5.41, 5.74) is 2.30. The van der Waals surface area contributed by atoms with Gasteiger partial charge in [-0.2, -0.15) is 0 Å². The topological polar surface area (TPSA) is 65.2 Å². The molecule has 3 heterocycles. The number of hydrogen-bond acceptors (Lipinski definition) is 3. The lowest BCUT2D eigenvalue weighted by molar-refractivity contribution is -0.130. The lowest BCUT2D eigenvalue weighted by Gasteiger charge is -2.24. The second-order valence-corrected chi connectivity index (χ2v) is 9.47.